The van der Waals surface area contributed by atoms with E-state index in [9.17, 15) is 14.4 Å². The molecule has 7 nitrogen and oxygen atoms in total. The van der Waals surface area contributed by atoms with E-state index in [1.807, 2.05) is 31.2 Å². The molecule has 156 valence electrons. The number of carbonyl (C=O) groups excluding carboxylic acids is 3. The monoisotopic (exact) mass is 407 g/mol. The molecule has 2 aromatic rings. The highest BCUT2D eigenvalue weighted by molar-refractivity contribution is 6.04. The molecule has 0 bridgehead atoms. The van der Waals surface area contributed by atoms with Crippen molar-refractivity contribution >= 4 is 29.1 Å². The number of hydrogen-bond donors (Lipinski definition) is 2. The Kier molecular flexibility index (Phi) is 5.70. The topological polar surface area (TPSA) is 87.7 Å². The Bertz CT molecular complexity index is 953. The molecular formula is C23H25N3O4. The zero-order chi connectivity index (χ0) is 21.1. The van der Waals surface area contributed by atoms with Crippen LogP contribution in [0.2, 0.25) is 0 Å². The molecule has 1 atom stereocenters. The van der Waals surface area contributed by atoms with Gasteiger partial charge >= 0.3 is 0 Å². The van der Waals surface area contributed by atoms with Gasteiger partial charge in [0, 0.05) is 35.9 Å². The van der Waals surface area contributed by atoms with Gasteiger partial charge in [-0.25, -0.2) is 0 Å². The zero-order valence-electron chi connectivity index (χ0n) is 16.9. The fraction of sp³-hybridized carbons (Fsp3) is 0.348. The third-order valence-electron chi connectivity index (χ3n) is 5.26. The van der Waals surface area contributed by atoms with Gasteiger partial charge in [0.05, 0.1) is 12.5 Å². The number of rotatable bonds is 7. The van der Waals surface area contributed by atoms with Crippen molar-refractivity contribution in [2.45, 2.75) is 32.2 Å². The molecule has 1 aliphatic carbocycles. The second-order valence-electron chi connectivity index (χ2n) is 7.65. The molecule has 2 N–H and O–H groups in total. The number of benzene rings is 2. The first-order chi connectivity index (χ1) is 14.5. The number of hydrogen-bond acceptors (Lipinski definition) is 4. The summed E-state index contributed by atoms with van der Waals surface area (Å²) in [6.45, 7) is 2.81. The summed E-state index contributed by atoms with van der Waals surface area (Å²) in [5.74, 6) is -0.152. The number of nitrogens with one attached hydrogen (secondary N) is 2. The lowest BCUT2D eigenvalue weighted by molar-refractivity contribution is -0.122. The van der Waals surface area contributed by atoms with Crippen LogP contribution in [0.3, 0.4) is 0 Å². The molecule has 0 radical (unpaired) electrons. The minimum absolute atomic E-state index is 0.0862. The number of anilines is 2. The fourth-order valence-electron chi connectivity index (χ4n) is 3.50. The molecule has 1 aliphatic heterocycles. The molecule has 30 heavy (non-hydrogen) atoms. The molecular weight excluding hydrogens is 382 g/mol. The first kappa shape index (κ1) is 19.9. The van der Waals surface area contributed by atoms with E-state index in [1.54, 1.807) is 29.2 Å². The maximum absolute atomic E-state index is 12.7. The normalized spacial score (nSPS) is 18.2. The van der Waals surface area contributed by atoms with Crippen LogP contribution in [0.15, 0.2) is 48.5 Å². The standard InChI is InChI=1S/C23H25N3O4/c1-2-30-20-10-8-19(9-11-20)26-14-16(13-21(26)27)23(29)25-18-5-3-4-15(12-18)22(28)24-17-6-7-17/h3-5,8-12,16-17H,2,6-7,13-14H2,1H3,(H,24,28)(H,25,29)/t16-/m0/s1. The minimum atomic E-state index is -0.451. The second kappa shape index (κ2) is 8.57. The van der Waals surface area contributed by atoms with Crippen LogP contribution >= 0.6 is 0 Å². The highest BCUT2D eigenvalue weighted by Gasteiger charge is 2.35. The Morgan fingerprint density at radius 2 is 1.90 bits per heavy atom. The molecule has 2 aliphatic rings. The lowest BCUT2D eigenvalue weighted by atomic mass is 10.1. The van der Waals surface area contributed by atoms with Gasteiger partial charge in [0.2, 0.25) is 11.8 Å². The summed E-state index contributed by atoms with van der Waals surface area (Å²) >= 11 is 0. The van der Waals surface area contributed by atoms with Crippen LogP contribution in [0.5, 0.6) is 5.75 Å². The first-order valence-corrected chi connectivity index (χ1v) is 10.3. The van der Waals surface area contributed by atoms with Crippen LogP contribution < -0.4 is 20.3 Å². The summed E-state index contributed by atoms with van der Waals surface area (Å²) in [5, 5.41) is 5.78. The molecule has 1 heterocycles. The van der Waals surface area contributed by atoms with Gasteiger partial charge in [-0.2, -0.15) is 0 Å². The lowest BCUT2D eigenvalue weighted by Gasteiger charge is -2.17. The van der Waals surface area contributed by atoms with Crippen molar-refractivity contribution in [3.63, 3.8) is 0 Å². The smallest absolute Gasteiger partial charge is 0.251 e. The van der Waals surface area contributed by atoms with Gasteiger partial charge in [0.15, 0.2) is 0 Å². The van der Waals surface area contributed by atoms with E-state index in [4.69, 9.17) is 4.74 Å². The Balaban J connectivity index is 1.38. The maximum atomic E-state index is 12.7. The third kappa shape index (κ3) is 4.62. The van der Waals surface area contributed by atoms with Gasteiger partial charge in [0.1, 0.15) is 5.75 Å². The number of carbonyl (C=O) groups is 3. The number of amides is 3. The molecule has 0 spiro atoms. The summed E-state index contributed by atoms with van der Waals surface area (Å²) in [7, 11) is 0. The lowest BCUT2D eigenvalue weighted by Crippen LogP contribution is -2.28. The Morgan fingerprint density at radius 3 is 2.60 bits per heavy atom. The average Bonchev–Trinajstić information content (AvgIpc) is 3.47. The van der Waals surface area contributed by atoms with Crippen LogP contribution in [0.25, 0.3) is 0 Å². The predicted octanol–water partition coefficient (Wildman–Crippen LogP) is 2.97. The summed E-state index contributed by atoms with van der Waals surface area (Å²) in [6.07, 6.45) is 2.19. The minimum Gasteiger partial charge on any atom is -0.494 e. The van der Waals surface area contributed by atoms with Crippen molar-refractivity contribution in [2.24, 2.45) is 5.92 Å². The van der Waals surface area contributed by atoms with Crippen LogP contribution in [-0.2, 0) is 9.59 Å². The van der Waals surface area contributed by atoms with E-state index in [1.165, 1.54) is 0 Å². The summed E-state index contributed by atoms with van der Waals surface area (Å²) in [4.78, 5) is 39.0. The molecule has 0 unspecified atom stereocenters. The molecule has 1 saturated heterocycles. The zero-order valence-corrected chi connectivity index (χ0v) is 16.9. The van der Waals surface area contributed by atoms with Crippen molar-refractivity contribution < 1.29 is 19.1 Å². The predicted molar refractivity (Wildman–Crippen MR) is 114 cm³/mol. The van der Waals surface area contributed by atoms with Gasteiger partial charge in [-0.15, -0.1) is 0 Å². The molecule has 0 aromatic heterocycles. The largest absolute Gasteiger partial charge is 0.494 e. The summed E-state index contributed by atoms with van der Waals surface area (Å²) < 4.78 is 5.43. The SMILES string of the molecule is CCOc1ccc(N2C[C@@H](C(=O)Nc3cccc(C(=O)NC4CC4)c3)CC2=O)cc1. The van der Waals surface area contributed by atoms with E-state index in [-0.39, 0.29) is 30.2 Å². The maximum Gasteiger partial charge on any atom is 0.251 e. The highest BCUT2D eigenvalue weighted by Crippen LogP contribution is 2.28. The van der Waals surface area contributed by atoms with Gasteiger partial charge in [0.25, 0.3) is 5.91 Å². The van der Waals surface area contributed by atoms with E-state index >= 15 is 0 Å². The molecule has 3 amide bonds. The Hall–Kier alpha value is -3.35. The molecule has 1 saturated carbocycles. The van der Waals surface area contributed by atoms with Crippen LogP contribution in [0.1, 0.15) is 36.5 Å². The molecule has 2 fully saturated rings. The van der Waals surface area contributed by atoms with Gasteiger partial charge in [-0.1, -0.05) is 6.07 Å². The molecule has 7 heteroatoms. The second-order valence-corrected chi connectivity index (χ2v) is 7.65. The number of ether oxygens (including phenoxy) is 1. The fourth-order valence-corrected chi connectivity index (χ4v) is 3.50. The van der Waals surface area contributed by atoms with Crippen molar-refractivity contribution in [3.8, 4) is 5.75 Å². The first-order valence-electron chi connectivity index (χ1n) is 10.3. The van der Waals surface area contributed by atoms with Crippen molar-refractivity contribution in [3.05, 3.63) is 54.1 Å². The van der Waals surface area contributed by atoms with Gasteiger partial charge < -0.3 is 20.3 Å². The third-order valence-corrected chi connectivity index (χ3v) is 5.26. The van der Waals surface area contributed by atoms with Crippen LogP contribution in [0.4, 0.5) is 11.4 Å². The molecule has 2 aromatic carbocycles. The summed E-state index contributed by atoms with van der Waals surface area (Å²) in [6, 6.07) is 14.4. The Labute approximate surface area is 175 Å². The van der Waals surface area contributed by atoms with Crippen molar-refractivity contribution in [2.75, 3.05) is 23.4 Å². The summed E-state index contributed by atoms with van der Waals surface area (Å²) in [5.41, 5.74) is 1.81. The number of nitrogens with zero attached hydrogens (tertiary/aromatic N) is 1. The van der Waals surface area contributed by atoms with E-state index in [0.717, 1.165) is 24.3 Å². The van der Waals surface area contributed by atoms with Crippen LogP contribution in [-0.4, -0.2) is 36.9 Å². The van der Waals surface area contributed by atoms with Gasteiger partial charge in [-0.05, 0) is 62.2 Å². The quantitative estimate of drug-likeness (QED) is 0.739. The highest BCUT2D eigenvalue weighted by atomic mass is 16.5. The Morgan fingerprint density at radius 1 is 1.13 bits per heavy atom. The van der Waals surface area contributed by atoms with E-state index in [0.29, 0.717) is 24.4 Å². The van der Waals surface area contributed by atoms with E-state index < -0.39 is 5.92 Å². The van der Waals surface area contributed by atoms with Crippen molar-refractivity contribution in [1.29, 1.82) is 0 Å². The van der Waals surface area contributed by atoms with Crippen LogP contribution in [0, 0.1) is 5.92 Å². The average molecular weight is 407 g/mol. The molecule has 4 rings (SSSR count). The van der Waals surface area contributed by atoms with Crippen molar-refractivity contribution in [1.82, 2.24) is 5.32 Å². The van der Waals surface area contributed by atoms with E-state index in [2.05, 4.69) is 10.6 Å². The van der Waals surface area contributed by atoms with Gasteiger partial charge in [-0.3, -0.25) is 14.4 Å².